The van der Waals surface area contributed by atoms with Crippen LogP contribution in [-0.4, -0.2) is 9.58 Å². The SMILES string of the molecule is CC(N)S(N)=O. The van der Waals surface area contributed by atoms with Gasteiger partial charge in [0.25, 0.3) is 0 Å². The average molecular weight is 108 g/mol. The van der Waals surface area contributed by atoms with Crippen LogP contribution in [0.4, 0.5) is 0 Å². The summed E-state index contributed by atoms with van der Waals surface area (Å²) in [4.78, 5) is 0. The van der Waals surface area contributed by atoms with Crippen LogP contribution >= 0.6 is 0 Å². The molecule has 0 saturated carbocycles. The molecule has 2 atom stereocenters. The molecule has 0 radical (unpaired) electrons. The Hall–Kier alpha value is 0.0700. The van der Waals surface area contributed by atoms with Crippen molar-refractivity contribution in [2.45, 2.75) is 12.3 Å². The predicted molar refractivity (Wildman–Crippen MR) is 26.0 cm³/mol. The van der Waals surface area contributed by atoms with Crippen molar-refractivity contribution in [3.63, 3.8) is 0 Å². The van der Waals surface area contributed by atoms with Crippen LogP contribution in [0.15, 0.2) is 0 Å². The van der Waals surface area contributed by atoms with Crippen molar-refractivity contribution in [1.82, 2.24) is 0 Å². The van der Waals surface area contributed by atoms with Gasteiger partial charge in [0.1, 0.15) is 11.0 Å². The van der Waals surface area contributed by atoms with Gasteiger partial charge >= 0.3 is 0 Å². The number of hydrogen-bond acceptors (Lipinski definition) is 2. The van der Waals surface area contributed by atoms with Gasteiger partial charge in [-0.3, -0.25) is 5.14 Å². The third-order valence-corrected chi connectivity index (χ3v) is 1.10. The van der Waals surface area contributed by atoms with Crippen LogP contribution in [0.1, 0.15) is 6.92 Å². The van der Waals surface area contributed by atoms with Gasteiger partial charge in [-0.2, -0.15) is 0 Å². The van der Waals surface area contributed by atoms with E-state index in [0.717, 1.165) is 0 Å². The fourth-order valence-electron chi connectivity index (χ4n) is 0. The van der Waals surface area contributed by atoms with Gasteiger partial charge in [-0.15, -0.1) is 0 Å². The molecule has 0 aliphatic rings. The lowest BCUT2D eigenvalue weighted by atomic mass is 10.8. The Balaban J connectivity index is 3.26. The maximum absolute atomic E-state index is 9.91. The molecule has 0 amide bonds. The molecule has 3 nitrogen and oxygen atoms in total. The molecule has 0 aliphatic heterocycles. The fraction of sp³-hybridized carbons (Fsp3) is 1.00. The van der Waals surface area contributed by atoms with E-state index in [1.807, 2.05) is 0 Å². The Labute approximate surface area is 39.3 Å². The number of hydrogen-bond donors (Lipinski definition) is 2. The molecule has 6 heavy (non-hydrogen) atoms. The normalized spacial score (nSPS) is 19.8. The largest absolute Gasteiger partial charge is 0.316 e. The smallest absolute Gasteiger partial charge is 0.106 e. The summed E-state index contributed by atoms with van der Waals surface area (Å²) in [5, 5.41) is 4.38. The van der Waals surface area contributed by atoms with Crippen LogP contribution in [0.25, 0.3) is 0 Å². The van der Waals surface area contributed by atoms with Gasteiger partial charge in [-0.05, 0) is 6.92 Å². The van der Waals surface area contributed by atoms with E-state index in [9.17, 15) is 4.21 Å². The summed E-state index contributed by atoms with van der Waals surface area (Å²) in [5.41, 5.74) is 5.01. The zero-order chi connectivity index (χ0) is 5.15. The van der Waals surface area contributed by atoms with E-state index >= 15 is 0 Å². The zero-order valence-electron chi connectivity index (χ0n) is 3.55. The summed E-state index contributed by atoms with van der Waals surface area (Å²) in [6.07, 6.45) is 0. The first-order valence-corrected chi connectivity index (χ1v) is 2.82. The summed E-state index contributed by atoms with van der Waals surface area (Å²) in [5.74, 6) is 0. The highest BCUT2D eigenvalue weighted by atomic mass is 32.2. The topological polar surface area (TPSA) is 69.1 Å². The third kappa shape index (κ3) is 2.32. The molecular formula is C2H8N2OS. The molecule has 0 aromatic rings. The maximum atomic E-state index is 9.91. The molecule has 4 heteroatoms. The van der Waals surface area contributed by atoms with Crippen LogP contribution < -0.4 is 10.9 Å². The van der Waals surface area contributed by atoms with Crippen LogP contribution in [0.5, 0.6) is 0 Å². The predicted octanol–water partition coefficient (Wildman–Crippen LogP) is -1.09. The van der Waals surface area contributed by atoms with Crippen molar-refractivity contribution in [2.24, 2.45) is 10.9 Å². The van der Waals surface area contributed by atoms with Crippen LogP contribution in [0.2, 0.25) is 0 Å². The molecule has 0 heterocycles. The van der Waals surface area contributed by atoms with E-state index in [2.05, 4.69) is 0 Å². The maximum Gasteiger partial charge on any atom is 0.106 e. The molecule has 4 N–H and O–H groups in total. The van der Waals surface area contributed by atoms with Gasteiger partial charge in [0.15, 0.2) is 0 Å². The highest BCUT2D eigenvalue weighted by molar-refractivity contribution is 7.83. The van der Waals surface area contributed by atoms with Crippen molar-refractivity contribution in [2.75, 3.05) is 0 Å². The highest BCUT2D eigenvalue weighted by Crippen LogP contribution is 1.71. The Morgan fingerprint density at radius 2 is 2.00 bits per heavy atom. The summed E-state index contributed by atoms with van der Waals surface area (Å²) in [7, 11) is -1.34. The van der Waals surface area contributed by atoms with Gasteiger partial charge in [-0.25, -0.2) is 4.21 Å². The second kappa shape index (κ2) is 2.28. The monoisotopic (exact) mass is 108 g/mol. The van der Waals surface area contributed by atoms with E-state index < -0.39 is 16.4 Å². The van der Waals surface area contributed by atoms with Gasteiger partial charge in [0.2, 0.25) is 0 Å². The van der Waals surface area contributed by atoms with Gasteiger partial charge in [-0.1, -0.05) is 0 Å². The molecule has 0 aromatic carbocycles. The fourth-order valence-corrected chi connectivity index (χ4v) is 0. The average Bonchev–Trinajstić information content (AvgIpc) is 1.36. The van der Waals surface area contributed by atoms with E-state index in [1.165, 1.54) is 0 Å². The molecule has 0 rings (SSSR count). The lowest BCUT2D eigenvalue weighted by Gasteiger charge is -1.93. The van der Waals surface area contributed by atoms with E-state index in [-0.39, 0.29) is 0 Å². The Kier molecular flexibility index (Phi) is 2.31. The molecular weight excluding hydrogens is 100 g/mol. The quantitative estimate of drug-likeness (QED) is 0.448. The molecule has 0 aliphatic carbocycles. The van der Waals surface area contributed by atoms with Crippen molar-refractivity contribution in [3.8, 4) is 0 Å². The first-order valence-electron chi connectivity index (χ1n) is 1.55. The van der Waals surface area contributed by atoms with E-state index in [1.54, 1.807) is 6.92 Å². The van der Waals surface area contributed by atoms with Gasteiger partial charge in [0.05, 0.1) is 5.37 Å². The molecule has 0 fully saturated rings. The van der Waals surface area contributed by atoms with Gasteiger partial charge in [0, 0.05) is 0 Å². The number of nitrogens with two attached hydrogens (primary N) is 2. The molecule has 0 spiro atoms. The van der Waals surface area contributed by atoms with E-state index in [4.69, 9.17) is 10.9 Å². The summed E-state index contributed by atoms with van der Waals surface area (Å²) in [6.45, 7) is 1.59. The van der Waals surface area contributed by atoms with Gasteiger partial charge < -0.3 is 5.73 Å². The van der Waals surface area contributed by atoms with Crippen molar-refractivity contribution in [1.29, 1.82) is 0 Å². The van der Waals surface area contributed by atoms with Crippen molar-refractivity contribution in [3.05, 3.63) is 0 Å². The summed E-state index contributed by atoms with van der Waals surface area (Å²) >= 11 is 0. The minimum Gasteiger partial charge on any atom is -0.316 e. The van der Waals surface area contributed by atoms with Crippen LogP contribution in [0.3, 0.4) is 0 Å². The first kappa shape index (κ1) is 6.07. The highest BCUT2D eigenvalue weighted by Gasteiger charge is 1.93. The minimum atomic E-state index is -1.34. The third-order valence-electron chi connectivity index (χ3n) is 0.366. The second-order valence-corrected chi connectivity index (χ2v) is 2.43. The van der Waals surface area contributed by atoms with Crippen molar-refractivity contribution < 1.29 is 4.21 Å². The zero-order valence-corrected chi connectivity index (χ0v) is 4.37. The Bertz CT molecular complexity index is 62.6. The first-order chi connectivity index (χ1) is 2.64. The van der Waals surface area contributed by atoms with Crippen LogP contribution in [0, 0.1) is 0 Å². The van der Waals surface area contributed by atoms with Crippen LogP contribution in [-0.2, 0) is 11.0 Å². The summed E-state index contributed by atoms with van der Waals surface area (Å²) < 4.78 is 9.91. The lowest BCUT2D eigenvalue weighted by Crippen LogP contribution is -2.26. The Morgan fingerprint density at radius 1 is 1.83 bits per heavy atom. The molecule has 38 valence electrons. The Morgan fingerprint density at radius 3 is 2.00 bits per heavy atom. The molecule has 0 aromatic heterocycles. The second-order valence-electron chi connectivity index (χ2n) is 1.03. The lowest BCUT2D eigenvalue weighted by molar-refractivity contribution is 0.676. The molecule has 0 bridgehead atoms. The summed E-state index contributed by atoms with van der Waals surface area (Å²) in [6, 6.07) is 0. The van der Waals surface area contributed by atoms with E-state index in [0.29, 0.717) is 0 Å². The molecule has 2 unspecified atom stereocenters. The molecule has 0 saturated heterocycles. The minimum absolute atomic E-state index is 0.398. The van der Waals surface area contributed by atoms with Crippen molar-refractivity contribution >= 4 is 11.0 Å². The standard InChI is InChI=1S/C2H8N2OS/c1-2(3)6(4)5/h2H,3-4H2,1H3. The number of rotatable bonds is 1.